The van der Waals surface area contributed by atoms with Gasteiger partial charge in [-0.1, -0.05) is 42.5 Å². The van der Waals surface area contributed by atoms with E-state index in [2.05, 4.69) is 25.0 Å². The van der Waals surface area contributed by atoms with E-state index in [0.29, 0.717) is 17.1 Å². The van der Waals surface area contributed by atoms with Crippen molar-refractivity contribution in [1.29, 1.82) is 0 Å². The van der Waals surface area contributed by atoms with E-state index >= 15 is 0 Å². The Morgan fingerprint density at radius 1 is 1.33 bits per heavy atom. The van der Waals surface area contributed by atoms with E-state index < -0.39 is 14.2 Å². The van der Waals surface area contributed by atoms with Crippen LogP contribution in [0.5, 0.6) is 0 Å². The van der Waals surface area contributed by atoms with Crippen LogP contribution in [0.2, 0.25) is 24.7 Å². The second-order valence-corrected chi connectivity index (χ2v) is 11.4. The Labute approximate surface area is 130 Å². The molecule has 0 atom stereocenters. The lowest BCUT2D eigenvalue weighted by Gasteiger charge is -2.18. The summed E-state index contributed by atoms with van der Waals surface area (Å²) in [6.45, 7) is 6.65. The number of amides is 1. The first-order chi connectivity index (χ1) is 9.70. The molecule has 1 N–H and O–H groups in total. The Morgan fingerprint density at radius 2 is 2.00 bits per heavy atom. The van der Waals surface area contributed by atoms with Crippen LogP contribution in [0.25, 0.3) is 0 Å². The number of hydrogen-bond donors (Lipinski definition) is 1. The Morgan fingerprint density at radius 3 is 2.52 bits per heavy atom. The highest BCUT2D eigenvalue weighted by Crippen LogP contribution is 2.21. The summed E-state index contributed by atoms with van der Waals surface area (Å²) in [6, 6.07) is 5.68. The molecule has 0 spiro atoms. The van der Waals surface area contributed by atoms with Crippen LogP contribution in [-0.2, 0) is 4.79 Å². The molecule has 0 radical (unpaired) electrons. The molecule has 6 heteroatoms. The molecule has 0 saturated carbocycles. The molecule has 1 amide bonds. The summed E-state index contributed by atoms with van der Waals surface area (Å²) < 4.78 is 23.7. The van der Waals surface area contributed by atoms with Crippen LogP contribution < -0.4 is 10.5 Å². The van der Waals surface area contributed by atoms with Crippen LogP contribution in [0, 0.1) is 0 Å². The van der Waals surface area contributed by atoms with Gasteiger partial charge in [0.15, 0.2) is 0 Å². The maximum absolute atomic E-state index is 11.8. The number of anilines is 1. The summed E-state index contributed by atoms with van der Waals surface area (Å²) in [5, 5.41) is 4.44. The van der Waals surface area contributed by atoms with Crippen molar-refractivity contribution < 1.29 is 13.6 Å². The largest absolute Gasteiger partial charge is 0.325 e. The predicted octanol–water partition coefficient (Wildman–Crippen LogP) is 4.77. The Kier molecular flexibility index (Phi) is 6.55. The van der Waals surface area contributed by atoms with Crippen molar-refractivity contribution in [2.24, 2.45) is 0 Å². The number of carbonyl (C=O) groups is 1. The molecular formula is C15H20ClF2NOSi. The van der Waals surface area contributed by atoms with Gasteiger partial charge < -0.3 is 5.32 Å². The third kappa shape index (κ3) is 6.40. The first-order valence-electron chi connectivity index (χ1n) is 6.81. The van der Waals surface area contributed by atoms with E-state index in [1.807, 2.05) is 12.1 Å². The molecule has 0 bridgehead atoms. The molecule has 1 rings (SSSR count). The van der Waals surface area contributed by atoms with Crippen molar-refractivity contribution in [3.63, 3.8) is 0 Å². The van der Waals surface area contributed by atoms with Gasteiger partial charge in [-0.15, -0.1) is 0 Å². The van der Waals surface area contributed by atoms with Gasteiger partial charge in [0.1, 0.15) is 0 Å². The maximum atomic E-state index is 11.8. The minimum atomic E-state index is -1.71. The zero-order valence-corrected chi connectivity index (χ0v) is 14.2. The quantitative estimate of drug-likeness (QED) is 0.590. The molecule has 1 aromatic carbocycles. The minimum Gasteiger partial charge on any atom is -0.325 e. The highest BCUT2D eigenvalue weighted by molar-refractivity contribution is 6.88. The number of rotatable bonds is 6. The first kappa shape index (κ1) is 17.8. The molecule has 0 fully saturated rings. The summed E-state index contributed by atoms with van der Waals surface area (Å²) in [5.41, 5.74) is 0.566. The third-order valence-corrected chi connectivity index (χ3v) is 5.37. The molecule has 0 heterocycles. The van der Waals surface area contributed by atoms with Gasteiger partial charge in [-0.3, -0.25) is 4.79 Å². The highest BCUT2D eigenvalue weighted by Gasteiger charge is 2.17. The van der Waals surface area contributed by atoms with Crippen molar-refractivity contribution in [2.75, 3.05) is 5.32 Å². The van der Waals surface area contributed by atoms with E-state index in [1.54, 1.807) is 6.07 Å². The number of allylic oxidation sites excluding steroid dienone is 1. The number of halogens is 3. The normalized spacial score (nSPS) is 11.1. The summed E-state index contributed by atoms with van der Waals surface area (Å²) in [7, 11) is -1.44. The lowest BCUT2D eigenvalue weighted by Crippen LogP contribution is -2.37. The second-order valence-electron chi connectivity index (χ2n) is 5.88. The van der Waals surface area contributed by atoms with E-state index in [-0.39, 0.29) is 18.7 Å². The van der Waals surface area contributed by atoms with Crippen LogP contribution in [0.3, 0.4) is 0 Å². The molecule has 1 aromatic rings. The molecule has 0 aliphatic heterocycles. The zero-order valence-electron chi connectivity index (χ0n) is 12.5. The van der Waals surface area contributed by atoms with E-state index in [1.165, 1.54) is 5.19 Å². The smallest absolute Gasteiger partial charge is 0.266 e. The van der Waals surface area contributed by atoms with E-state index in [9.17, 15) is 13.6 Å². The molecule has 2 nitrogen and oxygen atoms in total. The summed E-state index contributed by atoms with van der Waals surface area (Å²) in [6.07, 6.45) is -0.120. The van der Waals surface area contributed by atoms with Crippen molar-refractivity contribution >= 4 is 36.5 Å². The van der Waals surface area contributed by atoms with Gasteiger partial charge in [0.05, 0.1) is 18.8 Å². The number of benzene rings is 1. The van der Waals surface area contributed by atoms with Crippen LogP contribution in [-0.4, -0.2) is 14.0 Å². The van der Waals surface area contributed by atoms with E-state index in [0.717, 1.165) is 6.08 Å². The van der Waals surface area contributed by atoms with Crippen molar-refractivity contribution in [1.82, 2.24) is 0 Å². The lowest BCUT2D eigenvalue weighted by atomic mass is 10.2. The zero-order chi connectivity index (χ0) is 16.0. The average Bonchev–Trinajstić information content (AvgIpc) is 2.35. The highest BCUT2D eigenvalue weighted by atomic mass is 35.5. The van der Waals surface area contributed by atoms with Gasteiger partial charge in [0.25, 0.3) is 6.08 Å². The summed E-state index contributed by atoms with van der Waals surface area (Å²) >= 11 is 6.18. The van der Waals surface area contributed by atoms with Crippen molar-refractivity contribution in [3.8, 4) is 0 Å². The lowest BCUT2D eigenvalue weighted by molar-refractivity contribution is -0.116. The summed E-state index contributed by atoms with van der Waals surface area (Å²) in [4.78, 5) is 11.7. The number of hydrogen-bond acceptors (Lipinski definition) is 1. The fourth-order valence-corrected chi connectivity index (χ4v) is 3.25. The van der Waals surface area contributed by atoms with Crippen LogP contribution >= 0.6 is 11.6 Å². The number of nitrogens with one attached hydrogen (secondary N) is 1. The predicted molar refractivity (Wildman–Crippen MR) is 87.2 cm³/mol. The first-order valence-corrected chi connectivity index (χ1v) is 10.7. The fourth-order valence-electron chi connectivity index (χ4n) is 1.77. The molecule has 0 unspecified atom stereocenters. The maximum Gasteiger partial charge on any atom is 0.266 e. The van der Waals surface area contributed by atoms with Gasteiger partial charge in [-0.2, -0.15) is 8.78 Å². The Hall–Kier alpha value is -1.20. The minimum absolute atomic E-state index is 0.190. The van der Waals surface area contributed by atoms with E-state index in [4.69, 9.17) is 11.6 Å². The van der Waals surface area contributed by atoms with Crippen LogP contribution in [0.1, 0.15) is 19.3 Å². The Bertz CT molecular complexity index is 537. The fraction of sp³-hybridized carbons (Fsp3) is 0.400. The molecule has 0 aromatic heterocycles. The molecule has 0 saturated heterocycles. The topological polar surface area (TPSA) is 29.1 Å². The monoisotopic (exact) mass is 331 g/mol. The van der Waals surface area contributed by atoms with Crippen molar-refractivity contribution in [3.05, 3.63) is 35.4 Å². The van der Waals surface area contributed by atoms with Gasteiger partial charge in [-0.05, 0) is 31.1 Å². The Balaban J connectivity index is 2.59. The van der Waals surface area contributed by atoms with Gasteiger partial charge in [0.2, 0.25) is 5.91 Å². The molecule has 116 valence electrons. The SMILES string of the molecule is C[Si](C)(C)c1ccc(NC(=O)CCCC=C(F)F)c(Cl)c1. The van der Waals surface area contributed by atoms with Crippen molar-refractivity contribution in [2.45, 2.75) is 38.9 Å². The average molecular weight is 332 g/mol. The van der Waals surface area contributed by atoms with Gasteiger partial charge >= 0.3 is 0 Å². The second kappa shape index (κ2) is 7.71. The third-order valence-electron chi connectivity index (χ3n) is 3.02. The summed E-state index contributed by atoms with van der Waals surface area (Å²) in [5.74, 6) is -0.217. The molecule has 0 aliphatic rings. The standard InChI is InChI=1S/C15H20ClF2NOSi/c1-21(2,3)11-8-9-13(12(16)10-11)19-15(20)7-5-4-6-14(17)18/h6,8-10H,4-5,7H2,1-3H3,(H,19,20). The van der Waals surface area contributed by atoms with Crippen LogP contribution in [0.4, 0.5) is 14.5 Å². The molecule has 0 aliphatic carbocycles. The van der Waals surface area contributed by atoms with Gasteiger partial charge in [0, 0.05) is 6.42 Å². The molecule has 21 heavy (non-hydrogen) atoms. The number of carbonyl (C=O) groups excluding carboxylic acids is 1. The number of unbranched alkanes of at least 4 members (excludes halogenated alkanes) is 1. The van der Waals surface area contributed by atoms with Gasteiger partial charge in [-0.25, -0.2) is 0 Å². The van der Waals surface area contributed by atoms with Crippen LogP contribution in [0.15, 0.2) is 30.4 Å². The molecular weight excluding hydrogens is 312 g/mol.